The molecule has 1 aromatic carbocycles. The van der Waals surface area contributed by atoms with E-state index in [-0.39, 0.29) is 0 Å². The fourth-order valence-electron chi connectivity index (χ4n) is 2.17. The Morgan fingerprint density at radius 2 is 2.06 bits per heavy atom. The zero-order valence-electron chi connectivity index (χ0n) is 9.84. The maximum atomic E-state index is 6.10. The zero-order valence-corrected chi connectivity index (χ0v) is 12.2. The third-order valence-electron chi connectivity index (χ3n) is 3.25. The van der Waals surface area contributed by atoms with E-state index in [0.717, 1.165) is 39.4 Å². The minimum atomic E-state index is 0.446. The summed E-state index contributed by atoms with van der Waals surface area (Å²) in [5, 5.41) is 0.728. The molecule has 0 heterocycles. The Labute approximate surface area is 115 Å². The van der Waals surface area contributed by atoms with Crippen LogP contribution >= 0.6 is 27.5 Å². The van der Waals surface area contributed by atoms with Gasteiger partial charge in [-0.05, 0) is 53.4 Å². The summed E-state index contributed by atoms with van der Waals surface area (Å²) in [6.45, 7) is 1.97. The molecule has 1 aliphatic rings. The van der Waals surface area contributed by atoms with Crippen LogP contribution in [0.15, 0.2) is 21.6 Å². The maximum Gasteiger partial charge on any atom is 0.103 e. The van der Waals surface area contributed by atoms with Crippen molar-refractivity contribution < 1.29 is 0 Å². The second-order valence-electron chi connectivity index (χ2n) is 4.57. The van der Waals surface area contributed by atoms with Gasteiger partial charge in [-0.25, -0.2) is 4.99 Å². The number of nitrogens with two attached hydrogens (primary N) is 1. The number of aliphatic imine (C=N–C) groups is 1. The highest BCUT2D eigenvalue weighted by molar-refractivity contribution is 9.10. The van der Waals surface area contributed by atoms with E-state index in [1.165, 1.54) is 12.8 Å². The van der Waals surface area contributed by atoms with Crippen molar-refractivity contribution in [1.82, 2.24) is 0 Å². The van der Waals surface area contributed by atoms with Gasteiger partial charge in [-0.15, -0.1) is 0 Å². The van der Waals surface area contributed by atoms with Crippen LogP contribution in [0, 0.1) is 12.8 Å². The van der Waals surface area contributed by atoms with Gasteiger partial charge >= 0.3 is 0 Å². The van der Waals surface area contributed by atoms with Gasteiger partial charge in [0.2, 0.25) is 0 Å². The molecule has 1 saturated carbocycles. The van der Waals surface area contributed by atoms with Crippen LogP contribution in [0.2, 0.25) is 5.02 Å². The largest absolute Gasteiger partial charge is 0.387 e. The molecule has 0 saturated heterocycles. The Bertz CT molecular complexity index is 451. The van der Waals surface area contributed by atoms with Crippen LogP contribution < -0.4 is 5.73 Å². The first-order valence-corrected chi connectivity index (χ1v) is 7.04. The van der Waals surface area contributed by atoms with Crippen LogP contribution in [-0.4, -0.2) is 5.84 Å². The van der Waals surface area contributed by atoms with Gasteiger partial charge in [0, 0.05) is 15.4 Å². The summed E-state index contributed by atoms with van der Waals surface area (Å²) < 4.78 is 0.945. The number of aryl methyl sites for hydroxylation is 1. The van der Waals surface area contributed by atoms with E-state index in [4.69, 9.17) is 17.3 Å². The molecule has 0 radical (unpaired) electrons. The van der Waals surface area contributed by atoms with E-state index in [2.05, 4.69) is 20.9 Å². The summed E-state index contributed by atoms with van der Waals surface area (Å²) in [4.78, 5) is 4.51. The molecule has 0 amide bonds. The smallest absolute Gasteiger partial charge is 0.103 e. The molecule has 2 N–H and O–H groups in total. The fraction of sp³-hybridized carbons (Fsp3) is 0.462. The fourth-order valence-corrected chi connectivity index (χ4v) is 2.88. The Kier molecular flexibility index (Phi) is 4.10. The molecule has 1 fully saturated rings. The number of nitrogens with zero attached hydrogens (tertiary/aromatic N) is 1. The number of benzene rings is 1. The molecule has 0 atom stereocenters. The Morgan fingerprint density at radius 1 is 1.41 bits per heavy atom. The minimum absolute atomic E-state index is 0.446. The van der Waals surface area contributed by atoms with Crippen LogP contribution in [0.4, 0.5) is 5.69 Å². The molecular formula is C13H16BrClN2. The lowest BCUT2D eigenvalue weighted by atomic mass is 10.1. The summed E-state index contributed by atoms with van der Waals surface area (Å²) in [6.07, 6.45) is 4.84. The van der Waals surface area contributed by atoms with Crippen molar-refractivity contribution >= 4 is 39.1 Å². The van der Waals surface area contributed by atoms with Crippen LogP contribution in [0.25, 0.3) is 0 Å². The average molecular weight is 316 g/mol. The van der Waals surface area contributed by atoms with Gasteiger partial charge in [0.15, 0.2) is 0 Å². The predicted molar refractivity (Wildman–Crippen MR) is 77.1 cm³/mol. The van der Waals surface area contributed by atoms with E-state index >= 15 is 0 Å². The molecule has 2 rings (SSSR count). The van der Waals surface area contributed by atoms with Crippen molar-refractivity contribution in [3.8, 4) is 0 Å². The third kappa shape index (κ3) is 3.02. The number of halogens is 2. The van der Waals surface area contributed by atoms with E-state index < -0.39 is 0 Å². The molecule has 1 aliphatic carbocycles. The molecule has 92 valence electrons. The Balaban J connectivity index is 2.28. The monoisotopic (exact) mass is 314 g/mol. The standard InChI is InChI=1S/C13H16BrClN2/c1-8-6-10(14)12(7-11(8)15)17-13(16)9-4-2-3-5-9/h6-7,9H,2-5H2,1H3,(H2,16,17). The Morgan fingerprint density at radius 3 is 2.71 bits per heavy atom. The van der Waals surface area contributed by atoms with E-state index in [1.54, 1.807) is 0 Å². The topological polar surface area (TPSA) is 38.4 Å². The number of hydrogen-bond acceptors (Lipinski definition) is 1. The molecule has 4 heteroatoms. The van der Waals surface area contributed by atoms with Gasteiger partial charge in [0.1, 0.15) is 5.84 Å². The third-order valence-corrected chi connectivity index (χ3v) is 4.29. The van der Waals surface area contributed by atoms with Gasteiger partial charge in [-0.2, -0.15) is 0 Å². The van der Waals surface area contributed by atoms with Crippen molar-refractivity contribution in [2.75, 3.05) is 0 Å². The first kappa shape index (κ1) is 12.9. The molecule has 0 bridgehead atoms. The molecule has 1 aromatic rings. The van der Waals surface area contributed by atoms with Crippen molar-refractivity contribution in [2.24, 2.45) is 16.6 Å². The first-order valence-electron chi connectivity index (χ1n) is 5.87. The zero-order chi connectivity index (χ0) is 12.4. The van der Waals surface area contributed by atoms with Crippen molar-refractivity contribution in [3.63, 3.8) is 0 Å². The summed E-state index contributed by atoms with van der Waals surface area (Å²) >= 11 is 9.60. The molecule has 17 heavy (non-hydrogen) atoms. The van der Waals surface area contributed by atoms with Crippen molar-refractivity contribution in [1.29, 1.82) is 0 Å². The maximum absolute atomic E-state index is 6.10. The highest BCUT2D eigenvalue weighted by Gasteiger charge is 2.18. The first-order chi connectivity index (χ1) is 8.08. The quantitative estimate of drug-likeness (QED) is 0.629. The molecular weight excluding hydrogens is 300 g/mol. The number of rotatable bonds is 2. The SMILES string of the molecule is Cc1cc(Br)c(N=C(N)C2CCCC2)cc1Cl. The van der Waals surface area contributed by atoms with E-state index in [0.29, 0.717) is 5.92 Å². The highest BCUT2D eigenvalue weighted by atomic mass is 79.9. The van der Waals surface area contributed by atoms with Gasteiger partial charge in [-0.1, -0.05) is 24.4 Å². The van der Waals surface area contributed by atoms with Crippen LogP contribution in [0.3, 0.4) is 0 Å². The molecule has 0 aliphatic heterocycles. The van der Waals surface area contributed by atoms with Crippen molar-refractivity contribution in [3.05, 3.63) is 27.2 Å². The minimum Gasteiger partial charge on any atom is -0.387 e. The summed E-state index contributed by atoms with van der Waals surface area (Å²) in [7, 11) is 0. The molecule has 0 unspecified atom stereocenters. The lowest BCUT2D eigenvalue weighted by Crippen LogP contribution is -2.20. The highest BCUT2D eigenvalue weighted by Crippen LogP contribution is 2.33. The average Bonchev–Trinajstić information content (AvgIpc) is 2.79. The van der Waals surface area contributed by atoms with Gasteiger partial charge in [0.25, 0.3) is 0 Å². The van der Waals surface area contributed by atoms with Crippen molar-refractivity contribution in [2.45, 2.75) is 32.6 Å². The van der Waals surface area contributed by atoms with Crippen LogP contribution in [0.1, 0.15) is 31.2 Å². The normalized spacial score (nSPS) is 17.7. The summed E-state index contributed by atoms with van der Waals surface area (Å²) in [5.74, 6) is 1.19. The van der Waals surface area contributed by atoms with E-state index in [9.17, 15) is 0 Å². The lowest BCUT2D eigenvalue weighted by Gasteiger charge is -2.09. The predicted octanol–water partition coefficient (Wildman–Crippen LogP) is 4.59. The lowest BCUT2D eigenvalue weighted by molar-refractivity contribution is 0.722. The van der Waals surface area contributed by atoms with Gasteiger partial charge in [0.05, 0.1) is 5.69 Å². The van der Waals surface area contributed by atoms with E-state index in [1.807, 2.05) is 19.1 Å². The second kappa shape index (κ2) is 5.40. The molecule has 2 nitrogen and oxygen atoms in total. The summed E-state index contributed by atoms with van der Waals surface area (Å²) in [6, 6.07) is 3.84. The number of hydrogen-bond donors (Lipinski definition) is 1. The number of amidine groups is 1. The van der Waals surface area contributed by atoms with Gasteiger partial charge in [-0.3, -0.25) is 0 Å². The second-order valence-corrected chi connectivity index (χ2v) is 5.83. The van der Waals surface area contributed by atoms with Crippen LogP contribution in [0.5, 0.6) is 0 Å². The summed E-state index contributed by atoms with van der Waals surface area (Å²) in [5.41, 5.74) is 7.92. The van der Waals surface area contributed by atoms with Gasteiger partial charge < -0.3 is 5.73 Å². The Hall–Kier alpha value is -0.540. The molecule has 0 spiro atoms. The van der Waals surface area contributed by atoms with Crippen LogP contribution in [-0.2, 0) is 0 Å². The molecule has 0 aromatic heterocycles.